The molecule has 1 fully saturated rings. The predicted octanol–water partition coefficient (Wildman–Crippen LogP) is 1.55. The van der Waals surface area contributed by atoms with Crippen molar-refractivity contribution >= 4 is 0 Å². The SMILES string of the molecule is CCn1cncc1COC1CCCC1CN. The molecule has 2 unspecified atom stereocenters. The number of rotatable bonds is 5. The summed E-state index contributed by atoms with van der Waals surface area (Å²) in [5.74, 6) is 0.554. The zero-order valence-corrected chi connectivity index (χ0v) is 9.93. The van der Waals surface area contributed by atoms with Gasteiger partial charge in [0.05, 0.1) is 30.9 Å². The molecule has 0 spiro atoms. The van der Waals surface area contributed by atoms with Crippen LogP contribution >= 0.6 is 0 Å². The normalized spacial score (nSPS) is 25.1. The summed E-state index contributed by atoms with van der Waals surface area (Å²) in [6.45, 7) is 4.47. The fraction of sp³-hybridized carbons (Fsp3) is 0.750. The third-order valence-corrected chi connectivity index (χ3v) is 3.48. The molecule has 0 bridgehead atoms. The van der Waals surface area contributed by atoms with Crippen LogP contribution in [-0.4, -0.2) is 22.2 Å². The van der Waals surface area contributed by atoms with Gasteiger partial charge >= 0.3 is 0 Å². The molecule has 0 saturated heterocycles. The van der Waals surface area contributed by atoms with Crippen molar-refractivity contribution in [2.45, 2.75) is 45.4 Å². The lowest BCUT2D eigenvalue weighted by Gasteiger charge is -2.18. The van der Waals surface area contributed by atoms with Crippen molar-refractivity contribution in [3.05, 3.63) is 18.2 Å². The van der Waals surface area contributed by atoms with Crippen molar-refractivity contribution in [1.29, 1.82) is 0 Å². The molecule has 90 valence electrons. The van der Waals surface area contributed by atoms with E-state index in [9.17, 15) is 0 Å². The molecular weight excluding hydrogens is 202 g/mol. The number of ether oxygens (including phenoxy) is 1. The Kier molecular flexibility index (Phi) is 3.96. The van der Waals surface area contributed by atoms with E-state index in [0.29, 0.717) is 18.6 Å². The minimum absolute atomic E-state index is 0.352. The van der Waals surface area contributed by atoms with Crippen LogP contribution in [0.1, 0.15) is 31.9 Å². The smallest absolute Gasteiger partial charge is 0.0948 e. The van der Waals surface area contributed by atoms with Gasteiger partial charge in [0.2, 0.25) is 0 Å². The van der Waals surface area contributed by atoms with E-state index in [1.54, 1.807) is 0 Å². The molecule has 4 heteroatoms. The summed E-state index contributed by atoms with van der Waals surface area (Å²) < 4.78 is 8.07. The summed E-state index contributed by atoms with van der Waals surface area (Å²) in [6.07, 6.45) is 7.71. The molecule has 1 aliphatic rings. The summed E-state index contributed by atoms with van der Waals surface area (Å²) in [6, 6.07) is 0. The molecule has 2 atom stereocenters. The molecule has 4 nitrogen and oxygen atoms in total. The second-order valence-electron chi connectivity index (χ2n) is 4.45. The van der Waals surface area contributed by atoms with Gasteiger partial charge in [-0.05, 0) is 32.2 Å². The quantitative estimate of drug-likeness (QED) is 0.824. The molecule has 0 amide bonds. The second-order valence-corrected chi connectivity index (χ2v) is 4.45. The fourth-order valence-corrected chi connectivity index (χ4v) is 2.44. The van der Waals surface area contributed by atoms with Gasteiger partial charge in [-0.15, -0.1) is 0 Å². The van der Waals surface area contributed by atoms with Crippen molar-refractivity contribution in [1.82, 2.24) is 9.55 Å². The number of nitrogens with two attached hydrogens (primary N) is 1. The maximum Gasteiger partial charge on any atom is 0.0948 e. The van der Waals surface area contributed by atoms with E-state index in [1.807, 2.05) is 12.5 Å². The molecule has 0 radical (unpaired) electrons. The average Bonchev–Trinajstić information content (AvgIpc) is 2.94. The molecule has 16 heavy (non-hydrogen) atoms. The average molecular weight is 223 g/mol. The van der Waals surface area contributed by atoms with E-state index in [2.05, 4.69) is 16.5 Å². The highest BCUT2D eigenvalue weighted by atomic mass is 16.5. The topological polar surface area (TPSA) is 53.1 Å². The van der Waals surface area contributed by atoms with Crippen molar-refractivity contribution in [2.24, 2.45) is 11.7 Å². The third kappa shape index (κ3) is 2.44. The van der Waals surface area contributed by atoms with Crippen molar-refractivity contribution in [2.75, 3.05) is 6.54 Å². The van der Waals surface area contributed by atoms with Gasteiger partial charge in [0.1, 0.15) is 0 Å². The standard InChI is InChI=1S/C12H21N3O/c1-2-15-9-14-7-11(15)8-16-12-5-3-4-10(12)6-13/h7,9-10,12H,2-6,8,13H2,1H3. The van der Waals surface area contributed by atoms with Gasteiger partial charge in [-0.25, -0.2) is 4.98 Å². The Morgan fingerprint density at radius 1 is 1.56 bits per heavy atom. The van der Waals surface area contributed by atoms with Gasteiger partial charge in [0.15, 0.2) is 0 Å². The summed E-state index contributed by atoms with van der Waals surface area (Å²) in [7, 11) is 0. The van der Waals surface area contributed by atoms with Crippen LogP contribution in [0, 0.1) is 5.92 Å². The van der Waals surface area contributed by atoms with E-state index in [1.165, 1.54) is 12.8 Å². The minimum atomic E-state index is 0.352. The lowest BCUT2D eigenvalue weighted by Crippen LogP contribution is -2.25. The number of nitrogens with zero attached hydrogens (tertiary/aromatic N) is 2. The van der Waals surface area contributed by atoms with E-state index < -0.39 is 0 Å². The molecular formula is C12H21N3O. The van der Waals surface area contributed by atoms with Crippen LogP contribution in [0.2, 0.25) is 0 Å². The van der Waals surface area contributed by atoms with Gasteiger partial charge in [-0.2, -0.15) is 0 Å². The fourth-order valence-electron chi connectivity index (χ4n) is 2.44. The first-order chi connectivity index (χ1) is 7.85. The van der Waals surface area contributed by atoms with Gasteiger partial charge < -0.3 is 15.0 Å². The Bertz CT molecular complexity index is 324. The maximum absolute atomic E-state index is 5.95. The van der Waals surface area contributed by atoms with E-state index >= 15 is 0 Å². The van der Waals surface area contributed by atoms with Crippen molar-refractivity contribution in [3.8, 4) is 0 Å². The highest BCUT2D eigenvalue weighted by molar-refractivity contribution is 4.96. The Balaban J connectivity index is 1.87. The first-order valence-electron chi connectivity index (χ1n) is 6.15. The molecule has 1 saturated carbocycles. The molecule has 0 aromatic carbocycles. The lowest BCUT2D eigenvalue weighted by molar-refractivity contribution is 0.0153. The van der Waals surface area contributed by atoms with Crippen LogP contribution < -0.4 is 5.73 Å². The van der Waals surface area contributed by atoms with Crippen LogP contribution in [0.3, 0.4) is 0 Å². The van der Waals surface area contributed by atoms with Crippen molar-refractivity contribution in [3.63, 3.8) is 0 Å². The zero-order chi connectivity index (χ0) is 11.4. The van der Waals surface area contributed by atoms with Crippen LogP contribution in [0.4, 0.5) is 0 Å². The van der Waals surface area contributed by atoms with Gasteiger partial charge in [-0.3, -0.25) is 0 Å². The largest absolute Gasteiger partial charge is 0.372 e. The highest BCUT2D eigenvalue weighted by Crippen LogP contribution is 2.28. The number of imidazole rings is 1. The van der Waals surface area contributed by atoms with Crippen molar-refractivity contribution < 1.29 is 4.74 Å². The Morgan fingerprint density at radius 3 is 3.19 bits per heavy atom. The summed E-state index contributed by atoms with van der Waals surface area (Å²) in [5, 5.41) is 0. The second kappa shape index (κ2) is 5.46. The van der Waals surface area contributed by atoms with Crippen LogP contribution in [-0.2, 0) is 17.9 Å². The minimum Gasteiger partial charge on any atom is -0.372 e. The molecule has 1 aliphatic carbocycles. The van der Waals surface area contributed by atoms with Crippen LogP contribution in [0.25, 0.3) is 0 Å². The van der Waals surface area contributed by atoms with Gasteiger partial charge in [0, 0.05) is 6.54 Å². The molecule has 0 aliphatic heterocycles. The first kappa shape index (κ1) is 11.6. The lowest BCUT2D eigenvalue weighted by atomic mass is 10.1. The zero-order valence-electron chi connectivity index (χ0n) is 9.93. The van der Waals surface area contributed by atoms with Gasteiger partial charge in [0.25, 0.3) is 0 Å². The maximum atomic E-state index is 5.95. The Labute approximate surface area is 96.8 Å². The summed E-state index contributed by atoms with van der Waals surface area (Å²) in [4.78, 5) is 4.14. The molecule has 1 aromatic heterocycles. The van der Waals surface area contributed by atoms with E-state index in [0.717, 1.165) is 25.2 Å². The molecule has 1 aromatic rings. The number of aromatic nitrogens is 2. The third-order valence-electron chi connectivity index (χ3n) is 3.48. The summed E-state index contributed by atoms with van der Waals surface area (Å²) >= 11 is 0. The highest BCUT2D eigenvalue weighted by Gasteiger charge is 2.26. The van der Waals surface area contributed by atoms with Gasteiger partial charge in [-0.1, -0.05) is 6.42 Å². The first-order valence-corrected chi connectivity index (χ1v) is 6.15. The van der Waals surface area contributed by atoms with E-state index in [4.69, 9.17) is 10.5 Å². The Morgan fingerprint density at radius 2 is 2.44 bits per heavy atom. The van der Waals surface area contributed by atoms with E-state index in [-0.39, 0.29) is 0 Å². The molecule has 2 N–H and O–H groups in total. The summed E-state index contributed by atoms with van der Waals surface area (Å²) in [5.41, 5.74) is 6.89. The monoisotopic (exact) mass is 223 g/mol. The predicted molar refractivity (Wildman–Crippen MR) is 62.9 cm³/mol. The Hall–Kier alpha value is -0.870. The van der Waals surface area contributed by atoms with Crippen LogP contribution in [0.5, 0.6) is 0 Å². The number of hydrogen-bond donors (Lipinski definition) is 1. The number of hydrogen-bond acceptors (Lipinski definition) is 3. The number of aryl methyl sites for hydroxylation is 1. The molecule has 1 heterocycles. The molecule has 2 rings (SSSR count). The van der Waals surface area contributed by atoms with Crippen LogP contribution in [0.15, 0.2) is 12.5 Å².